The lowest BCUT2D eigenvalue weighted by Crippen LogP contribution is -2.61. The number of likely N-dealkylation sites (N-methyl/N-ethyl adjacent to an activating group) is 2. The van der Waals surface area contributed by atoms with Crippen LogP contribution in [0.25, 0.3) is 0 Å². The van der Waals surface area contributed by atoms with E-state index in [0.717, 1.165) is 49.7 Å². The summed E-state index contributed by atoms with van der Waals surface area (Å²) in [7, 11) is 3.47. The quantitative estimate of drug-likeness (QED) is 0.0470. The molecule has 0 fully saturated rings. The summed E-state index contributed by atoms with van der Waals surface area (Å²) >= 11 is 0. The fourth-order valence-corrected chi connectivity index (χ4v) is 10.1. The van der Waals surface area contributed by atoms with Crippen molar-refractivity contribution in [1.29, 1.82) is 0 Å². The van der Waals surface area contributed by atoms with Gasteiger partial charge in [0.15, 0.2) is 0 Å². The van der Waals surface area contributed by atoms with Crippen molar-refractivity contribution in [3.8, 4) is 0 Å². The molecule has 74 heavy (non-hydrogen) atoms. The normalized spacial score (nSPS) is 18.7. The highest BCUT2D eigenvalue weighted by atomic mass is 16.2. The van der Waals surface area contributed by atoms with E-state index in [0.29, 0.717) is 24.5 Å². The molecule has 6 rings (SSSR count). The third kappa shape index (κ3) is 15.7. The van der Waals surface area contributed by atoms with Crippen molar-refractivity contribution in [3.63, 3.8) is 0 Å². The first-order valence-corrected chi connectivity index (χ1v) is 26.6. The smallest absolute Gasteiger partial charge is 0.243 e. The van der Waals surface area contributed by atoms with E-state index in [-0.39, 0.29) is 84.3 Å². The monoisotopic (exact) mass is 1020 g/mol. The van der Waals surface area contributed by atoms with Crippen LogP contribution in [0.3, 0.4) is 0 Å². The minimum absolute atomic E-state index is 0.0294. The summed E-state index contributed by atoms with van der Waals surface area (Å²) in [4.78, 5) is 68.9. The van der Waals surface area contributed by atoms with Gasteiger partial charge >= 0.3 is 0 Å². The number of ketones is 1. The van der Waals surface area contributed by atoms with Gasteiger partial charge in [0.25, 0.3) is 0 Å². The van der Waals surface area contributed by atoms with E-state index in [1.54, 1.807) is 36.6 Å². The van der Waals surface area contributed by atoms with Crippen LogP contribution in [-0.4, -0.2) is 110 Å². The number of hydrogen-bond acceptors (Lipinski definition) is 12. The fourth-order valence-electron chi connectivity index (χ4n) is 10.1. The number of nitrogens with zero attached hydrogens (tertiary/aromatic N) is 6. The third-order valence-electron chi connectivity index (χ3n) is 14.8. The number of fused-ring (bicyclic) bond motifs is 2. The highest BCUT2D eigenvalue weighted by Crippen LogP contribution is 2.33. The van der Waals surface area contributed by atoms with E-state index < -0.39 is 29.5 Å². The van der Waals surface area contributed by atoms with Crippen molar-refractivity contribution in [2.75, 3.05) is 14.1 Å². The van der Waals surface area contributed by atoms with Crippen LogP contribution in [0.15, 0.2) is 73.1 Å². The average Bonchev–Trinajstić information content (AvgIpc) is 4.03. The maximum atomic E-state index is 14.4. The standard InChI is InChI=1S/C56H83N13O5/c1-35(57-10)49(70)32-44(55(4,5)6)52(72)62-48(54(74)61-46-27-19-23-39-21-13-15-25-43(39)46)31-41-34-69(67-65-41)29-17-16-28-68-33-40(64-66-68)30-47(53(73)60-45-26-18-22-38-20-12-14-24-42(38)45)59-36(2)50(56(7,8)9)63-51(71)37(3)58-11/h12-17,20-21,24-25,33-37,44-48,50,57-59H,18-19,22-23,26-32H2,1-11H3,(H,60,73)(H,61,74)(H,62,72)(H,63,71)/b17-16-/t35-,36?,37-,44+,45+,46+,47-,48-,50?/m0/s1. The second-order valence-corrected chi connectivity index (χ2v) is 22.6. The van der Waals surface area contributed by atoms with E-state index in [1.807, 2.05) is 83.3 Å². The number of allylic oxidation sites excluding steroid dienone is 2. The van der Waals surface area contributed by atoms with E-state index >= 15 is 0 Å². The summed E-state index contributed by atoms with van der Waals surface area (Å²) in [5.74, 6) is -1.71. The predicted octanol–water partition coefficient (Wildman–Crippen LogP) is 4.80. The Kier molecular flexibility index (Phi) is 20.0. The number of carbonyl (C=O) groups is 5. The first-order chi connectivity index (χ1) is 35.1. The van der Waals surface area contributed by atoms with Gasteiger partial charge in [-0.25, -0.2) is 9.36 Å². The minimum Gasteiger partial charge on any atom is -0.350 e. The number of carbonyl (C=O) groups excluding carboxylic acids is 5. The summed E-state index contributed by atoms with van der Waals surface area (Å²) in [5.41, 5.74) is 4.96. The van der Waals surface area contributed by atoms with Crippen molar-refractivity contribution in [2.45, 2.75) is 182 Å². The second-order valence-electron chi connectivity index (χ2n) is 22.6. The molecule has 2 heterocycles. The van der Waals surface area contributed by atoms with Crippen LogP contribution < -0.4 is 37.2 Å². The van der Waals surface area contributed by atoms with E-state index in [9.17, 15) is 24.0 Å². The molecule has 18 nitrogen and oxygen atoms in total. The summed E-state index contributed by atoms with van der Waals surface area (Å²) in [6, 6.07) is 13.1. The molecule has 18 heteroatoms. The van der Waals surface area contributed by atoms with Crippen LogP contribution in [0, 0.1) is 16.7 Å². The molecule has 7 N–H and O–H groups in total. The number of rotatable bonds is 24. The Balaban J connectivity index is 1.12. The zero-order chi connectivity index (χ0) is 53.7. The molecule has 0 saturated carbocycles. The van der Waals surface area contributed by atoms with E-state index in [1.165, 1.54) is 11.1 Å². The van der Waals surface area contributed by atoms with Gasteiger partial charge in [-0.05, 0) is 106 Å². The zero-order valence-electron chi connectivity index (χ0n) is 45.6. The topological polar surface area (TPSA) is 231 Å². The van der Waals surface area contributed by atoms with Crippen LogP contribution in [0.4, 0.5) is 0 Å². The first kappa shape index (κ1) is 57.2. The van der Waals surface area contributed by atoms with Crippen LogP contribution in [0.5, 0.6) is 0 Å². The molecular formula is C56H83N13O5. The molecule has 0 bridgehead atoms. The maximum Gasteiger partial charge on any atom is 0.243 e. The summed E-state index contributed by atoms with van der Waals surface area (Å²) in [5, 5.41) is 40.0. The van der Waals surface area contributed by atoms with Gasteiger partial charge in [-0.1, -0.05) is 113 Å². The van der Waals surface area contributed by atoms with Gasteiger partial charge in [0.05, 0.1) is 54.7 Å². The number of hydrogen-bond donors (Lipinski definition) is 7. The van der Waals surface area contributed by atoms with Gasteiger partial charge in [0.2, 0.25) is 23.6 Å². The molecular weight excluding hydrogens is 935 g/mol. The van der Waals surface area contributed by atoms with Crippen LogP contribution >= 0.6 is 0 Å². The largest absolute Gasteiger partial charge is 0.350 e. The number of amides is 4. The van der Waals surface area contributed by atoms with Gasteiger partial charge in [-0.15, -0.1) is 10.2 Å². The molecule has 0 aliphatic heterocycles. The van der Waals surface area contributed by atoms with Gasteiger partial charge in [-0.3, -0.25) is 24.0 Å². The van der Waals surface area contributed by atoms with Gasteiger partial charge in [-0.2, -0.15) is 0 Å². The molecule has 0 radical (unpaired) electrons. The Morgan fingerprint density at radius 2 is 1.12 bits per heavy atom. The highest BCUT2D eigenvalue weighted by Gasteiger charge is 2.38. The summed E-state index contributed by atoms with van der Waals surface area (Å²) in [6.45, 7) is 18.4. The number of Topliss-reactive ketones (excluding diaryl/α,β-unsaturated/α-hetero) is 1. The predicted molar refractivity (Wildman–Crippen MR) is 286 cm³/mol. The van der Waals surface area contributed by atoms with E-state index in [2.05, 4.69) is 96.8 Å². The number of benzene rings is 2. The van der Waals surface area contributed by atoms with Gasteiger partial charge < -0.3 is 37.2 Å². The molecule has 0 saturated heterocycles. The van der Waals surface area contributed by atoms with Crippen molar-refractivity contribution < 1.29 is 24.0 Å². The van der Waals surface area contributed by atoms with Crippen molar-refractivity contribution in [2.24, 2.45) is 16.7 Å². The first-order valence-electron chi connectivity index (χ1n) is 26.6. The SMILES string of the molecule is CN[C@@H](C)C(=O)C[C@H](C(=O)N[C@@H](Cc1cn(C/C=C\Cn2cc(C[C@H](NC(C)C(NC(=O)[C@H](C)NC)C(C)(C)C)C(=O)N[C@@H]3CCCc4ccccc43)nn2)nn1)C(=O)N[C@@H]1CCCc2ccccc21)C(C)(C)C. The van der Waals surface area contributed by atoms with Crippen molar-refractivity contribution in [1.82, 2.24) is 67.2 Å². The molecule has 402 valence electrons. The lowest BCUT2D eigenvalue weighted by Gasteiger charge is -2.39. The number of aromatic nitrogens is 6. The van der Waals surface area contributed by atoms with Crippen LogP contribution in [0.2, 0.25) is 0 Å². The molecule has 4 aromatic rings. The molecule has 2 aliphatic carbocycles. The molecule has 2 unspecified atom stereocenters. The lowest BCUT2D eigenvalue weighted by molar-refractivity contribution is -0.136. The Bertz CT molecular complexity index is 2560. The molecule has 4 amide bonds. The molecule has 2 aliphatic rings. The summed E-state index contributed by atoms with van der Waals surface area (Å²) in [6.07, 6.45) is 13.3. The Morgan fingerprint density at radius 3 is 1.61 bits per heavy atom. The van der Waals surface area contributed by atoms with Gasteiger partial charge in [0.1, 0.15) is 11.8 Å². The molecule has 2 aromatic carbocycles. The summed E-state index contributed by atoms with van der Waals surface area (Å²) < 4.78 is 3.37. The highest BCUT2D eigenvalue weighted by molar-refractivity contribution is 5.93. The minimum atomic E-state index is -0.971. The molecule has 9 atom stereocenters. The van der Waals surface area contributed by atoms with Crippen LogP contribution in [0.1, 0.15) is 140 Å². The third-order valence-corrected chi connectivity index (χ3v) is 14.8. The Labute approximate surface area is 438 Å². The van der Waals surface area contributed by atoms with Crippen LogP contribution in [-0.2, 0) is 62.7 Å². The molecule has 2 aromatic heterocycles. The van der Waals surface area contributed by atoms with Crippen molar-refractivity contribution in [3.05, 3.63) is 107 Å². The number of aryl methyl sites for hydroxylation is 2. The van der Waals surface area contributed by atoms with E-state index in [4.69, 9.17) is 0 Å². The van der Waals surface area contributed by atoms with Gasteiger partial charge in [0, 0.05) is 49.7 Å². The zero-order valence-corrected chi connectivity index (χ0v) is 45.6. The maximum absolute atomic E-state index is 14.4. The molecule has 0 spiro atoms. The Morgan fingerprint density at radius 1 is 0.635 bits per heavy atom. The second kappa shape index (κ2) is 25.9. The average molecular weight is 1020 g/mol. The fraction of sp³-hybridized carbons (Fsp3) is 0.589. The van der Waals surface area contributed by atoms with Crippen molar-refractivity contribution >= 4 is 29.4 Å². The number of nitrogens with one attached hydrogen (secondary N) is 7. The Hall–Kier alpha value is -6.11. The lowest BCUT2D eigenvalue weighted by atomic mass is 9.76.